The maximum Gasteiger partial charge on any atom is 0.408 e. The molecule has 9 heteroatoms. The number of nitro groups is 1. The molecule has 0 fully saturated rings. The number of carbonyl (C=O) groups is 1. The van der Waals surface area contributed by atoms with Crippen molar-refractivity contribution in [3.63, 3.8) is 0 Å². The number of nitrogens with zero attached hydrogens (tertiary/aromatic N) is 3. The highest BCUT2D eigenvalue weighted by molar-refractivity contribution is 6.33. The summed E-state index contributed by atoms with van der Waals surface area (Å²) in [5.41, 5.74) is 0.439. The van der Waals surface area contributed by atoms with Crippen LogP contribution in [-0.2, 0) is 11.3 Å². The van der Waals surface area contributed by atoms with Crippen molar-refractivity contribution in [1.29, 1.82) is 0 Å². The first-order chi connectivity index (χ1) is 9.43. The van der Waals surface area contributed by atoms with Crippen LogP contribution in [0.25, 0.3) is 0 Å². The van der Waals surface area contributed by atoms with Gasteiger partial charge in [0.15, 0.2) is 5.02 Å². The number of hydrogen-bond acceptors (Lipinski definition) is 6. The van der Waals surface area contributed by atoms with E-state index in [0.29, 0.717) is 11.5 Å². The fraction of sp³-hybridized carbons (Fsp3) is 0.273. The second-order valence-corrected chi connectivity index (χ2v) is 4.27. The van der Waals surface area contributed by atoms with Crippen LogP contribution in [0, 0.1) is 17.0 Å². The van der Waals surface area contributed by atoms with Gasteiger partial charge in [-0.25, -0.2) is 4.79 Å². The Morgan fingerprint density at radius 1 is 1.60 bits per heavy atom. The number of hydrogen-bond donors (Lipinski definition) is 0. The summed E-state index contributed by atoms with van der Waals surface area (Å²) in [5.74, 6) is -0.558. The van der Waals surface area contributed by atoms with Crippen LogP contribution in [0.2, 0.25) is 5.02 Å². The highest BCUT2D eigenvalue weighted by Crippen LogP contribution is 2.27. The molecule has 106 valence electrons. The third-order valence-electron chi connectivity index (χ3n) is 2.64. The van der Waals surface area contributed by atoms with Gasteiger partial charge in [-0.2, -0.15) is 4.68 Å². The van der Waals surface area contributed by atoms with E-state index in [1.165, 1.54) is 17.9 Å². The van der Waals surface area contributed by atoms with Crippen molar-refractivity contribution in [1.82, 2.24) is 9.78 Å². The van der Waals surface area contributed by atoms with Gasteiger partial charge in [-0.05, 0) is 24.0 Å². The zero-order chi connectivity index (χ0) is 14.9. The predicted molar refractivity (Wildman–Crippen MR) is 67.8 cm³/mol. The van der Waals surface area contributed by atoms with Gasteiger partial charge in [0, 0.05) is 0 Å². The zero-order valence-corrected chi connectivity index (χ0v) is 11.4. The van der Waals surface area contributed by atoms with Gasteiger partial charge in [-0.3, -0.25) is 0 Å². The van der Waals surface area contributed by atoms with E-state index in [2.05, 4.69) is 9.84 Å². The molecule has 0 aliphatic carbocycles. The Bertz CT molecular complexity index is 676. The van der Waals surface area contributed by atoms with Gasteiger partial charge in [0.05, 0.1) is 17.9 Å². The number of rotatable bonds is 4. The van der Waals surface area contributed by atoms with Gasteiger partial charge in [-0.15, -0.1) is 0 Å². The van der Waals surface area contributed by atoms with Gasteiger partial charge < -0.3 is 19.3 Å². The van der Waals surface area contributed by atoms with E-state index < -0.39 is 16.7 Å². The maximum absolute atomic E-state index is 11.2. The van der Waals surface area contributed by atoms with E-state index in [-0.39, 0.29) is 17.3 Å². The number of halogens is 1. The summed E-state index contributed by atoms with van der Waals surface area (Å²) in [7, 11) is 1.24. The minimum atomic E-state index is -0.659. The van der Waals surface area contributed by atoms with Crippen molar-refractivity contribution in [3.8, 4) is 0 Å². The molecule has 0 saturated heterocycles. The first kappa shape index (κ1) is 14.1. The molecular formula is C11H10ClN3O5. The van der Waals surface area contributed by atoms with Crippen LogP contribution in [0.1, 0.15) is 22.0 Å². The molecule has 2 aromatic rings. The second kappa shape index (κ2) is 5.33. The van der Waals surface area contributed by atoms with Crippen molar-refractivity contribution in [2.75, 3.05) is 7.11 Å². The lowest BCUT2D eigenvalue weighted by molar-refractivity contribution is -0.389. The number of ether oxygens (including phenoxy) is 1. The number of carbonyl (C=O) groups excluding carboxylic acids is 1. The maximum atomic E-state index is 11.2. The fourth-order valence-corrected chi connectivity index (χ4v) is 1.80. The van der Waals surface area contributed by atoms with Gasteiger partial charge in [0.25, 0.3) is 0 Å². The topological polar surface area (TPSA) is 100 Å². The van der Waals surface area contributed by atoms with Crippen molar-refractivity contribution >= 4 is 23.4 Å². The smallest absolute Gasteiger partial charge is 0.408 e. The summed E-state index contributed by atoms with van der Waals surface area (Å²) in [4.78, 5) is 21.3. The highest BCUT2D eigenvalue weighted by atomic mass is 35.5. The lowest BCUT2D eigenvalue weighted by Crippen LogP contribution is -2.04. The second-order valence-electron chi connectivity index (χ2n) is 3.90. The molecule has 8 nitrogen and oxygen atoms in total. The van der Waals surface area contributed by atoms with Crippen LogP contribution in [-0.4, -0.2) is 27.8 Å². The Hall–Kier alpha value is -2.35. The Balaban J connectivity index is 2.26. The summed E-state index contributed by atoms with van der Waals surface area (Å²) in [5, 5.41) is 14.5. The van der Waals surface area contributed by atoms with E-state index in [9.17, 15) is 14.9 Å². The summed E-state index contributed by atoms with van der Waals surface area (Å²) < 4.78 is 11.1. The molecule has 0 N–H and O–H groups in total. The van der Waals surface area contributed by atoms with Gasteiger partial charge in [0.1, 0.15) is 12.3 Å². The van der Waals surface area contributed by atoms with Crippen molar-refractivity contribution in [2.45, 2.75) is 13.5 Å². The van der Waals surface area contributed by atoms with E-state index in [1.807, 2.05) is 0 Å². The van der Waals surface area contributed by atoms with Crippen LogP contribution < -0.4 is 0 Å². The molecule has 0 aromatic carbocycles. The molecule has 0 bridgehead atoms. The Kier molecular flexibility index (Phi) is 3.75. The quantitative estimate of drug-likeness (QED) is 0.487. The Morgan fingerprint density at radius 3 is 2.85 bits per heavy atom. The average Bonchev–Trinajstić information content (AvgIpc) is 2.98. The lowest BCUT2D eigenvalue weighted by Gasteiger charge is -1.97. The molecule has 0 aliphatic heterocycles. The minimum absolute atomic E-state index is 0.0188. The normalized spacial score (nSPS) is 10.6. The molecule has 0 aliphatic rings. The number of methoxy groups -OCH3 is 1. The van der Waals surface area contributed by atoms with Gasteiger partial charge >= 0.3 is 11.8 Å². The molecule has 0 unspecified atom stereocenters. The Labute approximate surface area is 118 Å². The molecular weight excluding hydrogens is 290 g/mol. The van der Waals surface area contributed by atoms with Crippen molar-refractivity contribution < 1.29 is 18.9 Å². The molecule has 2 aromatic heterocycles. The molecule has 0 atom stereocenters. The standard InChI is InChI=1S/C11H10ClN3O5/c1-6-9(12)10(15(17)18)13-14(6)5-7-3-4-8(20-7)11(16)19-2/h3-4H,5H2,1-2H3. The van der Waals surface area contributed by atoms with E-state index in [0.717, 1.165) is 0 Å². The van der Waals surface area contributed by atoms with Crippen LogP contribution in [0.3, 0.4) is 0 Å². The molecule has 0 radical (unpaired) electrons. The number of furan rings is 1. The Morgan fingerprint density at radius 2 is 2.30 bits per heavy atom. The van der Waals surface area contributed by atoms with Crippen LogP contribution in [0.4, 0.5) is 5.82 Å². The van der Waals surface area contributed by atoms with E-state index in [1.54, 1.807) is 13.0 Å². The van der Waals surface area contributed by atoms with Crippen molar-refractivity contribution in [3.05, 3.63) is 44.5 Å². The molecule has 0 amide bonds. The van der Waals surface area contributed by atoms with Gasteiger partial charge in [0.2, 0.25) is 5.76 Å². The predicted octanol–water partition coefficient (Wildman–Crippen LogP) is 2.18. The molecule has 0 saturated carbocycles. The molecule has 20 heavy (non-hydrogen) atoms. The van der Waals surface area contributed by atoms with Crippen LogP contribution >= 0.6 is 11.6 Å². The third-order valence-corrected chi connectivity index (χ3v) is 3.09. The monoisotopic (exact) mass is 299 g/mol. The largest absolute Gasteiger partial charge is 0.463 e. The first-order valence-corrected chi connectivity index (χ1v) is 5.86. The summed E-state index contributed by atoms with van der Waals surface area (Å²) in [6, 6.07) is 3.02. The van der Waals surface area contributed by atoms with Crippen molar-refractivity contribution in [2.24, 2.45) is 0 Å². The first-order valence-electron chi connectivity index (χ1n) is 5.48. The number of esters is 1. The fourth-order valence-electron chi connectivity index (χ4n) is 1.60. The SMILES string of the molecule is COC(=O)c1ccc(Cn2nc([N+](=O)[O-])c(Cl)c2C)o1. The summed E-state index contributed by atoms with van der Waals surface area (Å²) in [6.07, 6.45) is 0. The van der Waals surface area contributed by atoms with Crippen LogP contribution in [0.15, 0.2) is 16.5 Å². The number of aromatic nitrogens is 2. The van der Waals surface area contributed by atoms with E-state index in [4.69, 9.17) is 16.0 Å². The third kappa shape index (κ3) is 2.50. The van der Waals surface area contributed by atoms with Gasteiger partial charge in [-0.1, -0.05) is 11.6 Å². The summed E-state index contributed by atoms with van der Waals surface area (Å²) >= 11 is 5.82. The lowest BCUT2D eigenvalue weighted by atomic mass is 10.4. The van der Waals surface area contributed by atoms with Crippen LogP contribution in [0.5, 0.6) is 0 Å². The zero-order valence-electron chi connectivity index (χ0n) is 10.6. The molecule has 2 rings (SSSR count). The average molecular weight is 300 g/mol. The summed E-state index contributed by atoms with van der Waals surface area (Å²) in [6.45, 7) is 1.73. The molecule has 0 spiro atoms. The highest BCUT2D eigenvalue weighted by Gasteiger charge is 2.24. The van der Waals surface area contributed by atoms with E-state index >= 15 is 0 Å². The molecule has 2 heterocycles. The minimum Gasteiger partial charge on any atom is -0.463 e.